The van der Waals surface area contributed by atoms with Crippen LogP contribution in [0.4, 0.5) is 0 Å². The van der Waals surface area contributed by atoms with Crippen LogP contribution in [0.2, 0.25) is 0 Å². The van der Waals surface area contributed by atoms with Gasteiger partial charge in [0.2, 0.25) is 0 Å². The Morgan fingerprint density at radius 3 is 2.69 bits per heavy atom. The molecule has 182 valence electrons. The normalized spacial score (nSPS) is 11.1. The van der Waals surface area contributed by atoms with Crippen LogP contribution in [0.3, 0.4) is 0 Å². The Morgan fingerprint density at radius 2 is 1.86 bits per heavy atom. The lowest BCUT2D eigenvalue weighted by Gasteiger charge is -2.12. The molecule has 5 nitrogen and oxygen atoms in total. The van der Waals surface area contributed by atoms with E-state index in [9.17, 15) is 4.79 Å². The first-order valence-electron chi connectivity index (χ1n) is 12.2. The molecule has 3 aromatic carbocycles. The maximum Gasteiger partial charge on any atom is 0.251 e. The lowest BCUT2D eigenvalue weighted by Crippen LogP contribution is -2.25. The van der Waals surface area contributed by atoms with Gasteiger partial charge in [0.15, 0.2) is 0 Å². The maximum absolute atomic E-state index is 12.4. The second-order valence-corrected chi connectivity index (χ2v) is 9.78. The van der Waals surface area contributed by atoms with Crippen LogP contribution >= 0.6 is 15.9 Å². The summed E-state index contributed by atoms with van der Waals surface area (Å²) >= 11 is 3.42. The van der Waals surface area contributed by atoms with E-state index in [1.165, 1.54) is 11.1 Å². The molecule has 0 aliphatic rings. The highest BCUT2D eigenvalue weighted by Crippen LogP contribution is 2.20. The summed E-state index contributed by atoms with van der Waals surface area (Å²) in [6.45, 7) is 6.40. The summed E-state index contributed by atoms with van der Waals surface area (Å²) in [6.07, 6.45) is 3.63. The Hall–Kier alpha value is -3.12. The number of fused-ring (bicyclic) bond motifs is 1. The van der Waals surface area contributed by atoms with E-state index in [0.717, 1.165) is 59.3 Å². The number of carbonyl (C=O) groups is 1. The largest absolute Gasteiger partial charge is 0.493 e. The van der Waals surface area contributed by atoms with Crippen molar-refractivity contribution in [3.63, 3.8) is 0 Å². The minimum atomic E-state index is -0.0522. The molecule has 0 unspecified atom stereocenters. The van der Waals surface area contributed by atoms with Gasteiger partial charge in [-0.05, 0) is 75.1 Å². The number of para-hydroxylation sites is 2. The maximum atomic E-state index is 12.4. The van der Waals surface area contributed by atoms with Crippen molar-refractivity contribution in [2.75, 3.05) is 13.2 Å². The van der Waals surface area contributed by atoms with E-state index in [0.29, 0.717) is 18.7 Å². The summed E-state index contributed by atoms with van der Waals surface area (Å²) in [5, 5.41) is 3.02. The molecule has 1 N–H and O–H groups in total. The number of nitrogens with zero attached hydrogens (tertiary/aromatic N) is 2. The highest BCUT2D eigenvalue weighted by atomic mass is 79.9. The molecule has 0 radical (unpaired) electrons. The summed E-state index contributed by atoms with van der Waals surface area (Å²) < 4.78 is 9.23. The quantitative estimate of drug-likeness (QED) is 0.220. The number of ether oxygens (including phenoxy) is 1. The fourth-order valence-electron chi connectivity index (χ4n) is 4.26. The average molecular weight is 534 g/mol. The Balaban J connectivity index is 1.29. The van der Waals surface area contributed by atoms with E-state index in [1.807, 2.05) is 30.3 Å². The van der Waals surface area contributed by atoms with Gasteiger partial charge in [0.05, 0.1) is 17.6 Å². The molecule has 0 aliphatic heterocycles. The SMILES string of the molecule is Cc1ccc(OCCCCn2c(CCCNC(=O)c3cccc(Br)c3)nc3ccccc32)c(C)c1. The first-order chi connectivity index (χ1) is 17.0. The third-order valence-corrected chi connectivity index (χ3v) is 6.54. The van der Waals surface area contributed by atoms with Gasteiger partial charge in [-0.1, -0.05) is 51.8 Å². The number of imidazole rings is 1. The van der Waals surface area contributed by atoms with E-state index < -0.39 is 0 Å². The van der Waals surface area contributed by atoms with Gasteiger partial charge < -0.3 is 14.6 Å². The number of hydrogen-bond donors (Lipinski definition) is 1. The summed E-state index contributed by atoms with van der Waals surface area (Å²) in [4.78, 5) is 17.3. The minimum absolute atomic E-state index is 0.0522. The number of hydrogen-bond acceptors (Lipinski definition) is 3. The molecule has 0 saturated carbocycles. The van der Waals surface area contributed by atoms with Crippen molar-refractivity contribution in [2.24, 2.45) is 0 Å². The molecule has 1 heterocycles. The van der Waals surface area contributed by atoms with Crippen LogP contribution in [0.15, 0.2) is 71.2 Å². The smallest absolute Gasteiger partial charge is 0.251 e. The fourth-order valence-corrected chi connectivity index (χ4v) is 4.66. The molecule has 0 spiro atoms. The van der Waals surface area contributed by atoms with Crippen LogP contribution in [0.25, 0.3) is 11.0 Å². The lowest BCUT2D eigenvalue weighted by atomic mass is 10.1. The number of aromatic nitrogens is 2. The van der Waals surface area contributed by atoms with Crippen LogP contribution in [-0.2, 0) is 13.0 Å². The van der Waals surface area contributed by atoms with Crippen molar-refractivity contribution in [2.45, 2.75) is 46.1 Å². The summed E-state index contributed by atoms with van der Waals surface area (Å²) in [7, 11) is 0. The molecule has 0 fully saturated rings. The first kappa shape index (κ1) is 25.0. The number of rotatable bonds is 11. The molecular weight excluding hydrogens is 502 g/mol. The lowest BCUT2D eigenvalue weighted by molar-refractivity contribution is 0.0953. The second-order valence-electron chi connectivity index (χ2n) is 8.86. The third-order valence-electron chi connectivity index (χ3n) is 6.05. The molecular formula is C29H32BrN3O2. The fraction of sp³-hybridized carbons (Fsp3) is 0.310. The van der Waals surface area contributed by atoms with E-state index in [-0.39, 0.29) is 5.91 Å². The molecule has 4 rings (SSSR count). The van der Waals surface area contributed by atoms with Gasteiger partial charge in [-0.25, -0.2) is 4.98 Å². The Bertz CT molecular complexity index is 1300. The van der Waals surface area contributed by atoms with Gasteiger partial charge >= 0.3 is 0 Å². The molecule has 0 saturated heterocycles. The van der Waals surface area contributed by atoms with E-state index in [1.54, 1.807) is 0 Å². The summed E-state index contributed by atoms with van der Waals surface area (Å²) in [5.41, 5.74) is 5.28. The number of benzene rings is 3. The molecule has 4 aromatic rings. The predicted molar refractivity (Wildman–Crippen MR) is 145 cm³/mol. The van der Waals surface area contributed by atoms with Crippen LogP contribution in [0.5, 0.6) is 5.75 Å². The number of amides is 1. The van der Waals surface area contributed by atoms with Crippen LogP contribution in [0, 0.1) is 13.8 Å². The molecule has 0 bridgehead atoms. The number of nitrogens with one attached hydrogen (secondary N) is 1. The van der Waals surface area contributed by atoms with E-state index in [2.05, 4.69) is 76.1 Å². The standard InChI is InChI=1S/C29H32BrN3O2/c1-21-14-15-27(22(2)19-21)35-18-6-5-17-33-26-12-4-3-11-25(26)32-28(33)13-8-16-31-29(34)23-9-7-10-24(30)20-23/h3-4,7,9-12,14-15,19-20H,5-6,8,13,16-18H2,1-2H3,(H,31,34). The minimum Gasteiger partial charge on any atom is -0.493 e. The van der Waals surface area contributed by atoms with Crippen LogP contribution in [0.1, 0.15) is 46.6 Å². The van der Waals surface area contributed by atoms with Crippen molar-refractivity contribution >= 4 is 32.9 Å². The Kier molecular flexibility index (Phi) is 8.59. The second kappa shape index (κ2) is 12.0. The number of unbranched alkanes of at least 4 members (excludes halogenated alkanes) is 1. The number of halogens is 1. The van der Waals surface area contributed by atoms with Crippen molar-refractivity contribution in [1.29, 1.82) is 0 Å². The van der Waals surface area contributed by atoms with Crippen LogP contribution in [-0.4, -0.2) is 28.6 Å². The Morgan fingerprint density at radius 1 is 1.00 bits per heavy atom. The van der Waals surface area contributed by atoms with Crippen LogP contribution < -0.4 is 10.1 Å². The van der Waals surface area contributed by atoms with Crippen molar-refractivity contribution < 1.29 is 9.53 Å². The first-order valence-corrected chi connectivity index (χ1v) is 13.0. The molecule has 1 amide bonds. The molecule has 0 aliphatic carbocycles. The molecule has 1 aromatic heterocycles. The third kappa shape index (κ3) is 6.73. The van der Waals surface area contributed by atoms with E-state index in [4.69, 9.17) is 9.72 Å². The zero-order valence-corrected chi connectivity index (χ0v) is 22.0. The molecule has 0 atom stereocenters. The van der Waals surface area contributed by atoms with Gasteiger partial charge in [-0.2, -0.15) is 0 Å². The zero-order chi connectivity index (χ0) is 24.6. The highest BCUT2D eigenvalue weighted by molar-refractivity contribution is 9.10. The van der Waals surface area contributed by atoms with Gasteiger partial charge in [0.25, 0.3) is 5.91 Å². The summed E-state index contributed by atoms with van der Waals surface area (Å²) in [6, 6.07) is 22.0. The van der Waals surface area contributed by atoms with Crippen molar-refractivity contribution in [3.8, 4) is 5.75 Å². The number of carbonyl (C=O) groups excluding carboxylic acids is 1. The monoisotopic (exact) mass is 533 g/mol. The topological polar surface area (TPSA) is 56.1 Å². The zero-order valence-electron chi connectivity index (χ0n) is 20.4. The average Bonchev–Trinajstić information content (AvgIpc) is 3.20. The molecule has 35 heavy (non-hydrogen) atoms. The number of aryl methyl sites for hydroxylation is 4. The molecule has 6 heteroatoms. The Labute approximate surface area is 215 Å². The van der Waals surface area contributed by atoms with Crippen molar-refractivity contribution in [3.05, 3.63) is 93.7 Å². The van der Waals surface area contributed by atoms with Crippen molar-refractivity contribution in [1.82, 2.24) is 14.9 Å². The highest BCUT2D eigenvalue weighted by Gasteiger charge is 2.11. The van der Waals surface area contributed by atoms with Gasteiger partial charge in [0.1, 0.15) is 11.6 Å². The van der Waals surface area contributed by atoms with E-state index >= 15 is 0 Å². The van der Waals surface area contributed by atoms with Gasteiger partial charge in [-0.15, -0.1) is 0 Å². The van der Waals surface area contributed by atoms with Gasteiger partial charge in [0, 0.05) is 29.5 Å². The predicted octanol–water partition coefficient (Wildman–Crippen LogP) is 6.64. The summed E-state index contributed by atoms with van der Waals surface area (Å²) in [5.74, 6) is 1.98. The van der Waals surface area contributed by atoms with Gasteiger partial charge in [-0.3, -0.25) is 4.79 Å².